The predicted molar refractivity (Wildman–Crippen MR) is 97.6 cm³/mol. The van der Waals surface area contributed by atoms with E-state index in [1.54, 1.807) is 24.3 Å². The largest absolute Gasteiger partial charge is 0.494 e. The Kier molecular flexibility index (Phi) is 6.91. The number of primary sulfonamides is 1. The number of nitrogens with one attached hydrogen (secondary N) is 1. The van der Waals surface area contributed by atoms with Gasteiger partial charge in [0, 0.05) is 6.54 Å². The maximum Gasteiger partial charge on any atom is 0.338 e. The SMILES string of the molecule is CCOc1ccc(C(=O)OCC(=O)NCc2ccc(S(N)(=O)=O)cc2)cc1. The molecule has 0 bridgehead atoms. The van der Waals surface area contributed by atoms with E-state index >= 15 is 0 Å². The Hall–Kier alpha value is -2.91. The van der Waals surface area contributed by atoms with Gasteiger partial charge in [-0.25, -0.2) is 18.4 Å². The van der Waals surface area contributed by atoms with Crippen molar-refractivity contribution in [3.63, 3.8) is 0 Å². The molecular formula is C18H20N2O6S. The number of esters is 1. The first-order chi connectivity index (χ1) is 12.8. The van der Waals surface area contributed by atoms with Crippen LogP contribution in [0.1, 0.15) is 22.8 Å². The molecule has 1 amide bonds. The lowest BCUT2D eigenvalue weighted by atomic mass is 10.2. The number of carbonyl (C=O) groups excluding carboxylic acids is 2. The topological polar surface area (TPSA) is 125 Å². The highest BCUT2D eigenvalue weighted by atomic mass is 32.2. The summed E-state index contributed by atoms with van der Waals surface area (Å²) in [7, 11) is -3.75. The fourth-order valence-corrected chi connectivity index (χ4v) is 2.63. The minimum absolute atomic E-state index is 0.0122. The number of hydrogen-bond donors (Lipinski definition) is 2. The van der Waals surface area contributed by atoms with Crippen molar-refractivity contribution in [3.8, 4) is 5.75 Å². The second-order valence-electron chi connectivity index (χ2n) is 5.50. The molecule has 0 spiro atoms. The van der Waals surface area contributed by atoms with Crippen LogP contribution in [0.4, 0.5) is 0 Å². The third-order valence-corrected chi connectivity index (χ3v) is 4.41. The molecule has 144 valence electrons. The molecule has 9 heteroatoms. The molecule has 3 N–H and O–H groups in total. The van der Waals surface area contributed by atoms with Crippen molar-refractivity contribution >= 4 is 21.9 Å². The number of rotatable bonds is 8. The molecule has 2 aromatic carbocycles. The zero-order chi connectivity index (χ0) is 19.9. The number of sulfonamides is 1. The van der Waals surface area contributed by atoms with E-state index in [4.69, 9.17) is 14.6 Å². The average Bonchev–Trinajstić information content (AvgIpc) is 2.65. The Balaban J connectivity index is 1.79. The van der Waals surface area contributed by atoms with Crippen LogP contribution in [0, 0.1) is 0 Å². The Morgan fingerprint density at radius 2 is 1.67 bits per heavy atom. The Morgan fingerprint density at radius 3 is 2.22 bits per heavy atom. The summed E-state index contributed by atoms with van der Waals surface area (Å²) in [5.74, 6) is -0.462. The first-order valence-electron chi connectivity index (χ1n) is 8.08. The maximum atomic E-state index is 11.9. The summed E-state index contributed by atoms with van der Waals surface area (Å²) >= 11 is 0. The van der Waals surface area contributed by atoms with Gasteiger partial charge in [-0.2, -0.15) is 0 Å². The van der Waals surface area contributed by atoms with E-state index in [0.29, 0.717) is 23.5 Å². The van der Waals surface area contributed by atoms with Gasteiger partial charge >= 0.3 is 5.97 Å². The van der Waals surface area contributed by atoms with Crippen LogP contribution in [0.2, 0.25) is 0 Å². The van der Waals surface area contributed by atoms with E-state index in [-0.39, 0.29) is 11.4 Å². The Labute approximate surface area is 157 Å². The van der Waals surface area contributed by atoms with Crippen LogP contribution in [0.25, 0.3) is 0 Å². The van der Waals surface area contributed by atoms with E-state index in [0.717, 1.165) is 0 Å². The third-order valence-electron chi connectivity index (χ3n) is 3.48. The lowest BCUT2D eigenvalue weighted by molar-refractivity contribution is -0.124. The van der Waals surface area contributed by atoms with Crippen LogP contribution >= 0.6 is 0 Å². The van der Waals surface area contributed by atoms with Gasteiger partial charge in [0.05, 0.1) is 17.1 Å². The normalized spacial score (nSPS) is 10.9. The lowest BCUT2D eigenvalue weighted by Gasteiger charge is -2.08. The minimum Gasteiger partial charge on any atom is -0.494 e. The zero-order valence-corrected chi connectivity index (χ0v) is 15.5. The predicted octanol–water partition coefficient (Wildman–Crippen LogP) is 1.21. The van der Waals surface area contributed by atoms with Crippen molar-refractivity contribution in [2.45, 2.75) is 18.4 Å². The van der Waals surface area contributed by atoms with Gasteiger partial charge in [-0.3, -0.25) is 4.79 Å². The molecule has 2 rings (SSSR count). The average molecular weight is 392 g/mol. The van der Waals surface area contributed by atoms with Crippen molar-refractivity contribution in [2.75, 3.05) is 13.2 Å². The van der Waals surface area contributed by atoms with Crippen LogP contribution in [0.3, 0.4) is 0 Å². The molecule has 8 nitrogen and oxygen atoms in total. The van der Waals surface area contributed by atoms with Gasteiger partial charge in [0.2, 0.25) is 10.0 Å². The Morgan fingerprint density at radius 1 is 1.04 bits per heavy atom. The van der Waals surface area contributed by atoms with Crippen molar-refractivity contribution in [1.82, 2.24) is 5.32 Å². The maximum absolute atomic E-state index is 11.9. The molecule has 0 unspecified atom stereocenters. The number of carbonyl (C=O) groups is 2. The van der Waals surface area contributed by atoms with Gasteiger partial charge in [0.1, 0.15) is 5.75 Å². The summed E-state index contributed by atoms with van der Waals surface area (Å²) in [5.41, 5.74) is 0.985. The van der Waals surface area contributed by atoms with E-state index in [2.05, 4.69) is 5.32 Å². The standard InChI is InChI=1S/C18H20N2O6S/c1-2-25-15-7-5-14(6-8-15)18(22)26-12-17(21)20-11-13-3-9-16(10-4-13)27(19,23)24/h3-10H,2,11-12H2,1H3,(H,20,21)(H2,19,23,24). The number of hydrogen-bond acceptors (Lipinski definition) is 6. The molecule has 0 radical (unpaired) electrons. The summed E-state index contributed by atoms with van der Waals surface area (Å²) < 4.78 is 32.6. The van der Waals surface area contributed by atoms with Gasteiger partial charge < -0.3 is 14.8 Å². The van der Waals surface area contributed by atoms with Gasteiger partial charge in [0.15, 0.2) is 6.61 Å². The zero-order valence-electron chi connectivity index (χ0n) is 14.7. The van der Waals surface area contributed by atoms with Gasteiger partial charge in [-0.1, -0.05) is 12.1 Å². The van der Waals surface area contributed by atoms with Crippen LogP contribution in [0.5, 0.6) is 5.75 Å². The summed E-state index contributed by atoms with van der Waals surface area (Å²) in [6.07, 6.45) is 0. The van der Waals surface area contributed by atoms with E-state index in [1.165, 1.54) is 24.3 Å². The van der Waals surface area contributed by atoms with Crippen molar-refractivity contribution in [3.05, 3.63) is 59.7 Å². The molecule has 0 saturated heterocycles. The molecule has 0 aromatic heterocycles. The molecule has 27 heavy (non-hydrogen) atoms. The highest BCUT2D eigenvalue weighted by Crippen LogP contribution is 2.13. The van der Waals surface area contributed by atoms with Crippen molar-refractivity contribution in [1.29, 1.82) is 0 Å². The van der Waals surface area contributed by atoms with Crippen molar-refractivity contribution < 1.29 is 27.5 Å². The molecule has 0 fully saturated rings. The second kappa shape index (κ2) is 9.15. The molecule has 0 aliphatic heterocycles. The molecule has 0 heterocycles. The lowest BCUT2D eigenvalue weighted by Crippen LogP contribution is -2.28. The highest BCUT2D eigenvalue weighted by Gasteiger charge is 2.11. The molecule has 0 aliphatic rings. The number of amides is 1. The van der Waals surface area contributed by atoms with Crippen LogP contribution in [0.15, 0.2) is 53.4 Å². The fourth-order valence-electron chi connectivity index (χ4n) is 2.12. The van der Waals surface area contributed by atoms with E-state index in [9.17, 15) is 18.0 Å². The molecule has 0 atom stereocenters. The first kappa shape index (κ1) is 20.4. The van der Waals surface area contributed by atoms with Gasteiger partial charge in [-0.05, 0) is 48.9 Å². The fraction of sp³-hybridized carbons (Fsp3) is 0.222. The van der Waals surface area contributed by atoms with E-state index in [1.807, 2.05) is 6.92 Å². The third kappa shape index (κ3) is 6.39. The molecule has 0 saturated carbocycles. The smallest absolute Gasteiger partial charge is 0.338 e. The van der Waals surface area contributed by atoms with Gasteiger partial charge in [-0.15, -0.1) is 0 Å². The first-order valence-corrected chi connectivity index (χ1v) is 9.62. The summed E-state index contributed by atoms with van der Waals surface area (Å²) in [4.78, 5) is 23.7. The summed E-state index contributed by atoms with van der Waals surface area (Å²) in [5, 5.41) is 7.59. The monoisotopic (exact) mass is 392 g/mol. The molecular weight excluding hydrogens is 372 g/mol. The second-order valence-corrected chi connectivity index (χ2v) is 7.06. The Bertz CT molecular complexity index is 892. The van der Waals surface area contributed by atoms with E-state index < -0.39 is 28.5 Å². The minimum atomic E-state index is -3.75. The van der Waals surface area contributed by atoms with Crippen LogP contribution < -0.4 is 15.2 Å². The summed E-state index contributed by atoms with van der Waals surface area (Å²) in [6.45, 7) is 2.11. The van der Waals surface area contributed by atoms with Gasteiger partial charge in [0.25, 0.3) is 5.91 Å². The number of nitrogens with two attached hydrogens (primary N) is 1. The number of ether oxygens (including phenoxy) is 2. The molecule has 0 aliphatic carbocycles. The number of benzene rings is 2. The molecule has 2 aromatic rings. The highest BCUT2D eigenvalue weighted by molar-refractivity contribution is 7.89. The summed E-state index contributed by atoms with van der Waals surface area (Å²) in [6, 6.07) is 12.2. The van der Waals surface area contributed by atoms with Crippen molar-refractivity contribution in [2.24, 2.45) is 5.14 Å². The van der Waals surface area contributed by atoms with Crippen LogP contribution in [-0.4, -0.2) is 33.5 Å². The quantitative estimate of drug-likeness (QED) is 0.651. The van der Waals surface area contributed by atoms with Crippen LogP contribution in [-0.2, 0) is 26.1 Å².